The van der Waals surface area contributed by atoms with Crippen LogP contribution in [0.2, 0.25) is 0 Å². The van der Waals surface area contributed by atoms with Crippen LogP contribution in [0, 0.1) is 5.92 Å². The molecular weight excluding hydrogens is 324 g/mol. The van der Waals surface area contributed by atoms with Crippen LogP contribution in [-0.2, 0) is 23.9 Å². The van der Waals surface area contributed by atoms with Gasteiger partial charge in [-0.25, -0.2) is 0 Å². The van der Waals surface area contributed by atoms with E-state index < -0.39 is 42.2 Å². The van der Waals surface area contributed by atoms with Crippen molar-refractivity contribution in [2.75, 3.05) is 27.3 Å². The highest BCUT2D eigenvalue weighted by Crippen LogP contribution is 2.32. The van der Waals surface area contributed by atoms with E-state index in [0.29, 0.717) is 0 Å². The van der Waals surface area contributed by atoms with E-state index in [2.05, 4.69) is 24.8 Å². The Morgan fingerprint density at radius 3 is 2.29 bits per heavy atom. The van der Waals surface area contributed by atoms with E-state index in [1.165, 1.54) is 7.11 Å². The van der Waals surface area contributed by atoms with Gasteiger partial charge in [0, 0.05) is 23.4 Å². The molecule has 0 fully saturated rings. The van der Waals surface area contributed by atoms with Gasteiger partial charge in [-0.1, -0.05) is 10.2 Å². The minimum absolute atomic E-state index is 0.193. The van der Waals surface area contributed by atoms with E-state index in [9.17, 15) is 14.4 Å². The van der Waals surface area contributed by atoms with Crippen molar-refractivity contribution in [1.29, 1.82) is 0 Å². The van der Waals surface area contributed by atoms with Crippen molar-refractivity contribution in [3.05, 3.63) is 20.9 Å². The molecule has 0 aliphatic rings. The molecule has 0 bridgehead atoms. The summed E-state index contributed by atoms with van der Waals surface area (Å²) in [4.78, 5) is 39.9. The number of hydrogen-bond acceptors (Lipinski definition) is 7. The molecule has 0 aromatic heterocycles. The highest BCUT2D eigenvalue weighted by molar-refractivity contribution is 5.88. The van der Waals surface area contributed by atoms with Crippen molar-refractivity contribution >= 4 is 17.7 Å². The minimum atomic E-state index is -1.54. The standard InChI is InChI=1S/C12H18N6O6/c1-23-11(22)5-8(9(19)6-15-17-13)12(24-2,7-16-18-14)4-3-10(20)21/h8H,3-7H2,1-2H3,(H,20,21). The van der Waals surface area contributed by atoms with Gasteiger partial charge in [-0.2, -0.15) is 0 Å². The first-order valence-corrected chi connectivity index (χ1v) is 6.75. The zero-order chi connectivity index (χ0) is 18.6. The number of nitrogens with zero attached hydrogens (tertiary/aromatic N) is 6. The lowest BCUT2D eigenvalue weighted by Crippen LogP contribution is -2.49. The molecule has 0 heterocycles. The van der Waals surface area contributed by atoms with Crippen LogP contribution in [-0.4, -0.2) is 55.7 Å². The first kappa shape index (κ1) is 21.2. The minimum Gasteiger partial charge on any atom is -0.481 e. The fourth-order valence-corrected chi connectivity index (χ4v) is 2.20. The molecular formula is C12H18N6O6. The Morgan fingerprint density at radius 1 is 1.21 bits per heavy atom. The van der Waals surface area contributed by atoms with Crippen molar-refractivity contribution in [1.82, 2.24) is 0 Å². The number of ketones is 1. The van der Waals surface area contributed by atoms with E-state index in [1.54, 1.807) is 0 Å². The average molecular weight is 342 g/mol. The summed E-state index contributed by atoms with van der Waals surface area (Å²) in [6.45, 7) is -0.941. The Morgan fingerprint density at radius 2 is 1.83 bits per heavy atom. The molecule has 2 atom stereocenters. The van der Waals surface area contributed by atoms with Crippen molar-refractivity contribution in [3.63, 3.8) is 0 Å². The SMILES string of the molecule is COC(=O)CC(C(=O)CN=[N+]=[N-])C(CCC(=O)O)(CN=[N+]=[N-])OC. The molecule has 0 aromatic rings. The maximum atomic E-state index is 12.3. The van der Waals surface area contributed by atoms with Crippen LogP contribution in [0.1, 0.15) is 19.3 Å². The number of aliphatic carboxylic acids is 1. The number of ether oxygens (including phenoxy) is 2. The summed E-state index contributed by atoms with van der Waals surface area (Å²) in [7, 11) is 2.33. The van der Waals surface area contributed by atoms with Gasteiger partial charge >= 0.3 is 11.9 Å². The van der Waals surface area contributed by atoms with Gasteiger partial charge in [-0.15, -0.1) is 0 Å². The summed E-state index contributed by atoms with van der Waals surface area (Å²) in [5.41, 5.74) is 15.3. The molecule has 12 nitrogen and oxygen atoms in total. The first-order chi connectivity index (χ1) is 11.4. The second kappa shape index (κ2) is 10.8. The molecule has 2 unspecified atom stereocenters. The van der Waals surface area contributed by atoms with E-state index in [4.69, 9.17) is 20.9 Å². The van der Waals surface area contributed by atoms with E-state index in [-0.39, 0.29) is 19.4 Å². The lowest BCUT2D eigenvalue weighted by molar-refractivity contribution is -0.152. The molecule has 0 aliphatic heterocycles. The highest BCUT2D eigenvalue weighted by Gasteiger charge is 2.44. The second-order valence-corrected chi connectivity index (χ2v) is 4.74. The molecule has 132 valence electrons. The predicted octanol–water partition coefficient (Wildman–Crippen LogP) is 1.61. The Labute approximate surface area is 137 Å². The second-order valence-electron chi connectivity index (χ2n) is 4.74. The summed E-state index contributed by atoms with van der Waals surface area (Å²) >= 11 is 0. The van der Waals surface area contributed by atoms with Gasteiger partial charge in [0.15, 0.2) is 0 Å². The number of carbonyl (C=O) groups is 3. The van der Waals surface area contributed by atoms with Crippen LogP contribution in [0.4, 0.5) is 0 Å². The van der Waals surface area contributed by atoms with Crippen molar-refractivity contribution in [3.8, 4) is 0 Å². The summed E-state index contributed by atoms with van der Waals surface area (Å²) in [6.07, 6.45) is -1.02. The van der Waals surface area contributed by atoms with Gasteiger partial charge < -0.3 is 14.6 Å². The fraction of sp³-hybridized carbons (Fsp3) is 0.750. The lowest BCUT2D eigenvalue weighted by Gasteiger charge is -2.37. The number of Topliss-reactive ketones (excluding diaryl/α,β-unsaturated/α-hetero) is 1. The Balaban J connectivity index is 5.83. The van der Waals surface area contributed by atoms with Gasteiger partial charge in [-0.05, 0) is 17.5 Å². The number of carboxylic acid groups (broad SMARTS) is 1. The van der Waals surface area contributed by atoms with E-state index in [0.717, 1.165) is 7.11 Å². The Bertz CT molecular complexity index is 568. The summed E-state index contributed by atoms with van der Waals surface area (Å²) in [5.74, 6) is -3.76. The smallest absolute Gasteiger partial charge is 0.306 e. The van der Waals surface area contributed by atoms with Crippen LogP contribution in [0.5, 0.6) is 0 Å². The summed E-state index contributed by atoms with van der Waals surface area (Å²) < 4.78 is 9.84. The molecule has 12 heteroatoms. The monoisotopic (exact) mass is 342 g/mol. The number of esters is 1. The topological polar surface area (TPSA) is 187 Å². The summed E-state index contributed by atoms with van der Waals surface area (Å²) in [6, 6.07) is 0. The fourth-order valence-electron chi connectivity index (χ4n) is 2.20. The van der Waals surface area contributed by atoms with Crippen LogP contribution in [0.25, 0.3) is 20.9 Å². The number of methoxy groups -OCH3 is 2. The van der Waals surface area contributed by atoms with Crippen molar-refractivity contribution in [2.24, 2.45) is 16.1 Å². The maximum Gasteiger partial charge on any atom is 0.306 e. The summed E-state index contributed by atoms with van der Waals surface area (Å²) in [5, 5.41) is 15.4. The normalized spacial score (nSPS) is 13.6. The third-order valence-corrected chi connectivity index (χ3v) is 3.48. The zero-order valence-corrected chi connectivity index (χ0v) is 13.3. The molecule has 0 radical (unpaired) electrons. The molecule has 0 saturated carbocycles. The molecule has 0 aliphatic carbocycles. The molecule has 0 spiro atoms. The lowest BCUT2D eigenvalue weighted by atomic mass is 9.78. The molecule has 0 rings (SSSR count). The first-order valence-electron chi connectivity index (χ1n) is 6.75. The molecule has 0 amide bonds. The maximum absolute atomic E-state index is 12.3. The molecule has 0 saturated heterocycles. The van der Waals surface area contributed by atoms with Crippen LogP contribution >= 0.6 is 0 Å². The van der Waals surface area contributed by atoms with Crippen LogP contribution in [0.15, 0.2) is 10.2 Å². The highest BCUT2D eigenvalue weighted by atomic mass is 16.5. The number of carboxylic acids is 1. The van der Waals surface area contributed by atoms with E-state index >= 15 is 0 Å². The third-order valence-electron chi connectivity index (χ3n) is 3.48. The Hall–Kier alpha value is -2.81. The zero-order valence-electron chi connectivity index (χ0n) is 13.3. The molecule has 24 heavy (non-hydrogen) atoms. The van der Waals surface area contributed by atoms with Gasteiger partial charge in [0.1, 0.15) is 5.78 Å². The Kier molecular flexibility index (Phi) is 9.57. The van der Waals surface area contributed by atoms with Gasteiger partial charge in [0.25, 0.3) is 0 Å². The van der Waals surface area contributed by atoms with E-state index in [1.807, 2.05) is 0 Å². The number of azide groups is 2. The predicted molar refractivity (Wildman–Crippen MR) is 79.8 cm³/mol. The van der Waals surface area contributed by atoms with Gasteiger partial charge in [0.05, 0.1) is 38.1 Å². The van der Waals surface area contributed by atoms with Crippen LogP contribution in [0.3, 0.4) is 0 Å². The van der Waals surface area contributed by atoms with Gasteiger partial charge in [0.2, 0.25) is 0 Å². The van der Waals surface area contributed by atoms with Crippen molar-refractivity contribution in [2.45, 2.75) is 24.9 Å². The third kappa shape index (κ3) is 6.53. The number of hydrogen-bond donors (Lipinski definition) is 1. The van der Waals surface area contributed by atoms with Crippen molar-refractivity contribution < 1.29 is 29.0 Å². The van der Waals surface area contributed by atoms with Crippen LogP contribution < -0.4 is 0 Å². The molecule has 1 N–H and O–H groups in total. The average Bonchev–Trinajstić information content (AvgIpc) is 2.58. The number of rotatable bonds is 12. The van der Waals surface area contributed by atoms with Gasteiger partial charge in [-0.3, -0.25) is 14.4 Å². The quantitative estimate of drug-likeness (QED) is 0.242. The molecule has 0 aromatic carbocycles. The number of carbonyl (C=O) groups excluding carboxylic acids is 2. The largest absolute Gasteiger partial charge is 0.481 e.